The molecule has 0 spiro atoms. The van der Waals surface area contributed by atoms with E-state index in [1.807, 2.05) is 18.2 Å². The number of rotatable bonds is 3. The molecule has 0 unspecified atom stereocenters. The Morgan fingerprint density at radius 2 is 1.76 bits per heavy atom. The van der Waals surface area contributed by atoms with E-state index in [1.54, 1.807) is 0 Å². The van der Waals surface area contributed by atoms with Crippen molar-refractivity contribution in [1.29, 1.82) is 0 Å². The molecule has 2 N–H and O–H groups in total. The third-order valence-corrected chi connectivity index (χ3v) is 3.17. The fourth-order valence-corrected chi connectivity index (χ4v) is 2.18. The van der Waals surface area contributed by atoms with Crippen LogP contribution in [0.3, 0.4) is 0 Å². The minimum Gasteiger partial charge on any atom is -0.389 e. The molecule has 0 aliphatic rings. The summed E-state index contributed by atoms with van der Waals surface area (Å²) >= 11 is 5.05. The predicted octanol–water partition coefficient (Wildman–Crippen LogP) is 3.22. The van der Waals surface area contributed by atoms with Gasteiger partial charge in [0, 0.05) is 5.56 Å². The van der Waals surface area contributed by atoms with Crippen molar-refractivity contribution in [2.24, 2.45) is 5.73 Å². The average Bonchev–Trinajstić information content (AvgIpc) is 2.33. The van der Waals surface area contributed by atoms with Crippen molar-refractivity contribution in [3.63, 3.8) is 0 Å². The van der Waals surface area contributed by atoms with E-state index in [0.717, 1.165) is 12.0 Å². The zero-order valence-electron chi connectivity index (χ0n) is 9.81. The molecular weight excluding hydrogens is 226 g/mol. The van der Waals surface area contributed by atoms with Gasteiger partial charge in [0.05, 0.1) is 0 Å². The van der Waals surface area contributed by atoms with Crippen LogP contribution in [0.15, 0.2) is 48.5 Å². The number of hydrogen-bond acceptors (Lipinski definition) is 1. The standard InChI is InChI=1S/C15H15NS/c1-11-13(8-5-9-14(11)15(16)17)10-12-6-3-2-4-7-12/h2-9H,10H2,1H3,(H2,16,17). The molecule has 0 radical (unpaired) electrons. The molecule has 0 bridgehead atoms. The van der Waals surface area contributed by atoms with Gasteiger partial charge >= 0.3 is 0 Å². The molecule has 0 aromatic heterocycles. The second kappa shape index (κ2) is 5.11. The van der Waals surface area contributed by atoms with Gasteiger partial charge in [0.1, 0.15) is 4.99 Å². The summed E-state index contributed by atoms with van der Waals surface area (Å²) in [6.07, 6.45) is 0.920. The first-order chi connectivity index (χ1) is 8.18. The van der Waals surface area contributed by atoms with E-state index in [2.05, 4.69) is 37.3 Å². The van der Waals surface area contributed by atoms with Gasteiger partial charge in [-0.25, -0.2) is 0 Å². The van der Waals surface area contributed by atoms with E-state index in [4.69, 9.17) is 18.0 Å². The Morgan fingerprint density at radius 1 is 1.06 bits per heavy atom. The van der Waals surface area contributed by atoms with Crippen molar-refractivity contribution in [3.8, 4) is 0 Å². The van der Waals surface area contributed by atoms with Gasteiger partial charge in [-0.05, 0) is 30.0 Å². The molecule has 2 aromatic carbocycles. The van der Waals surface area contributed by atoms with Crippen LogP contribution in [0, 0.1) is 6.92 Å². The van der Waals surface area contributed by atoms with Crippen molar-refractivity contribution in [1.82, 2.24) is 0 Å². The fraction of sp³-hybridized carbons (Fsp3) is 0.133. The molecule has 0 aliphatic carbocycles. The molecule has 0 saturated carbocycles. The average molecular weight is 241 g/mol. The summed E-state index contributed by atoms with van der Waals surface area (Å²) in [4.78, 5) is 0.470. The van der Waals surface area contributed by atoms with Crippen molar-refractivity contribution in [2.75, 3.05) is 0 Å². The first kappa shape index (κ1) is 11.8. The Hall–Kier alpha value is -1.67. The Kier molecular flexibility index (Phi) is 3.55. The van der Waals surface area contributed by atoms with Crippen molar-refractivity contribution in [3.05, 3.63) is 70.8 Å². The SMILES string of the molecule is Cc1c(Cc2ccccc2)cccc1C(N)=S. The third-order valence-electron chi connectivity index (χ3n) is 2.95. The summed E-state index contributed by atoms with van der Waals surface area (Å²) in [5.41, 5.74) is 10.5. The highest BCUT2D eigenvalue weighted by Gasteiger charge is 2.06. The van der Waals surface area contributed by atoms with Crippen LogP contribution in [0.25, 0.3) is 0 Å². The van der Waals surface area contributed by atoms with Gasteiger partial charge < -0.3 is 5.73 Å². The highest BCUT2D eigenvalue weighted by molar-refractivity contribution is 7.80. The summed E-state index contributed by atoms with van der Waals surface area (Å²) < 4.78 is 0. The number of thiocarbonyl (C=S) groups is 1. The van der Waals surface area contributed by atoms with Gasteiger partial charge in [-0.2, -0.15) is 0 Å². The summed E-state index contributed by atoms with van der Waals surface area (Å²) in [7, 11) is 0. The van der Waals surface area contributed by atoms with Crippen LogP contribution < -0.4 is 5.73 Å². The van der Waals surface area contributed by atoms with Crippen molar-refractivity contribution in [2.45, 2.75) is 13.3 Å². The van der Waals surface area contributed by atoms with Crippen LogP contribution in [0.1, 0.15) is 22.3 Å². The Bertz CT molecular complexity index is 532. The monoisotopic (exact) mass is 241 g/mol. The minimum atomic E-state index is 0.470. The van der Waals surface area contributed by atoms with Gasteiger partial charge in [-0.1, -0.05) is 60.7 Å². The van der Waals surface area contributed by atoms with E-state index in [9.17, 15) is 0 Å². The first-order valence-electron chi connectivity index (χ1n) is 5.60. The van der Waals surface area contributed by atoms with Crippen molar-refractivity contribution >= 4 is 17.2 Å². The van der Waals surface area contributed by atoms with Crippen LogP contribution in [0.5, 0.6) is 0 Å². The summed E-state index contributed by atoms with van der Waals surface area (Å²) in [5, 5.41) is 0. The third kappa shape index (κ3) is 2.71. The van der Waals surface area contributed by atoms with Crippen LogP contribution in [-0.4, -0.2) is 4.99 Å². The Morgan fingerprint density at radius 3 is 2.41 bits per heavy atom. The smallest absolute Gasteiger partial charge is 0.104 e. The lowest BCUT2D eigenvalue weighted by atomic mass is 9.97. The Balaban J connectivity index is 2.34. The molecule has 0 fully saturated rings. The molecule has 2 rings (SSSR count). The van der Waals surface area contributed by atoms with Gasteiger partial charge in [0.15, 0.2) is 0 Å². The topological polar surface area (TPSA) is 26.0 Å². The van der Waals surface area contributed by atoms with Gasteiger partial charge in [0.25, 0.3) is 0 Å². The van der Waals surface area contributed by atoms with Gasteiger partial charge in [0.2, 0.25) is 0 Å². The molecular formula is C15H15NS. The van der Waals surface area contributed by atoms with E-state index in [1.165, 1.54) is 16.7 Å². The van der Waals surface area contributed by atoms with E-state index in [-0.39, 0.29) is 0 Å². The minimum absolute atomic E-state index is 0.470. The normalized spacial score (nSPS) is 10.2. The number of benzene rings is 2. The van der Waals surface area contributed by atoms with Crippen LogP contribution >= 0.6 is 12.2 Å². The van der Waals surface area contributed by atoms with Crippen LogP contribution in [-0.2, 0) is 6.42 Å². The maximum Gasteiger partial charge on any atom is 0.104 e. The molecule has 0 atom stereocenters. The lowest BCUT2D eigenvalue weighted by Gasteiger charge is -2.10. The molecule has 1 nitrogen and oxygen atoms in total. The molecule has 0 amide bonds. The molecule has 2 heteroatoms. The second-order valence-corrected chi connectivity index (χ2v) is 4.56. The van der Waals surface area contributed by atoms with Crippen molar-refractivity contribution < 1.29 is 0 Å². The highest BCUT2D eigenvalue weighted by atomic mass is 32.1. The van der Waals surface area contributed by atoms with E-state index >= 15 is 0 Å². The van der Waals surface area contributed by atoms with Crippen LogP contribution in [0.2, 0.25) is 0 Å². The lowest BCUT2D eigenvalue weighted by molar-refractivity contribution is 1.15. The number of nitrogens with two attached hydrogens (primary N) is 1. The second-order valence-electron chi connectivity index (χ2n) is 4.12. The van der Waals surface area contributed by atoms with Gasteiger partial charge in [-0.3, -0.25) is 0 Å². The molecule has 17 heavy (non-hydrogen) atoms. The zero-order chi connectivity index (χ0) is 12.3. The zero-order valence-corrected chi connectivity index (χ0v) is 10.6. The maximum absolute atomic E-state index is 5.71. The molecule has 86 valence electrons. The van der Waals surface area contributed by atoms with E-state index < -0.39 is 0 Å². The molecule has 2 aromatic rings. The largest absolute Gasteiger partial charge is 0.389 e. The maximum atomic E-state index is 5.71. The quantitative estimate of drug-likeness (QED) is 0.835. The van der Waals surface area contributed by atoms with Gasteiger partial charge in [-0.15, -0.1) is 0 Å². The molecule has 0 aliphatic heterocycles. The number of hydrogen-bond donors (Lipinski definition) is 1. The Labute approximate surface area is 107 Å². The molecule has 0 heterocycles. The fourth-order valence-electron chi connectivity index (χ4n) is 1.96. The highest BCUT2D eigenvalue weighted by Crippen LogP contribution is 2.17. The summed E-state index contributed by atoms with van der Waals surface area (Å²) in [6, 6.07) is 16.5. The predicted molar refractivity (Wildman–Crippen MR) is 76.3 cm³/mol. The lowest BCUT2D eigenvalue weighted by Crippen LogP contribution is -2.12. The van der Waals surface area contributed by atoms with Crippen LogP contribution in [0.4, 0.5) is 0 Å². The summed E-state index contributed by atoms with van der Waals surface area (Å²) in [6.45, 7) is 2.08. The molecule has 0 saturated heterocycles. The van der Waals surface area contributed by atoms with E-state index in [0.29, 0.717) is 4.99 Å². The summed E-state index contributed by atoms with van der Waals surface area (Å²) in [5.74, 6) is 0. The first-order valence-corrected chi connectivity index (χ1v) is 6.01.